The Bertz CT molecular complexity index is 248. The van der Waals surface area contributed by atoms with Crippen LogP contribution in [0.25, 0.3) is 0 Å². The second-order valence-corrected chi connectivity index (χ2v) is 4.98. The fourth-order valence-corrected chi connectivity index (χ4v) is 2.35. The van der Waals surface area contributed by atoms with Gasteiger partial charge in [-0.05, 0) is 26.3 Å². The van der Waals surface area contributed by atoms with E-state index in [0.717, 1.165) is 45.2 Å². The third-order valence-electron chi connectivity index (χ3n) is 3.53. The number of nitrogens with zero attached hydrogens (tertiary/aromatic N) is 1. The van der Waals surface area contributed by atoms with Crippen molar-refractivity contribution in [1.29, 1.82) is 0 Å². The number of hydrogen-bond acceptors (Lipinski definition) is 4. The lowest BCUT2D eigenvalue weighted by molar-refractivity contribution is -0.125. The van der Waals surface area contributed by atoms with Gasteiger partial charge in [0.05, 0.1) is 12.1 Å². The topological polar surface area (TPSA) is 61.8 Å². The Balaban J connectivity index is 2.13. The fraction of sp³-hybridized carbons (Fsp3) is 0.923. The summed E-state index contributed by atoms with van der Waals surface area (Å²) in [5, 5.41) is 11.6. The minimum atomic E-state index is -0.0487. The average Bonchev–Trinajstić information content (AvgIpc) is 2.75. The third-order valence-corrected chi connectivity index (χ3v) is 3.53. The quantitative estimate of drug-likeness (QED) is 0.618. The minimum absolute atomic E-state index is 0.0487. The molecular weight excluding hydrogens is 232 g/mol. The summed E-state index contributed by atoms with van der Waals surface area (Å²) >= 11 is 0. The summed E-state index contributed by atoms with van der Waals surface area (Å²) in [5.41, 5.74) is 0. The lowest BCUT2D eigenvalue weighted by atomic mass is 10.1. The maximum atomic E-state index is 12.0. The van der Waals surface area contributed by atoms with Crippen molar-refractivity contribution >= 4 is 5.91 Å². The summed E-state index contributed by atoms with van der Waals surface area (Å²) in [4.78, 5) is 14.0. The molecule has 1 amide bonds. The Labute approximate surface area is 109 Å². The molecule has 0 aliphatic carbocycles. The van der Waals surface area contributed by atoms with Crippen LogP contribution in [0.4, 0.5) is 0 Å². The fourth-order valence-electron chi connectivity index (χ4n) is 2.35. The van der Waals surface area contributed by atoms with Crippen LogP contribution >= 0.6 is 0 Å². The SMILES string of the molecule is COC1CC(C(=O)NCCCCCCO)N(C)C1. The highest BCUT2D eigenvalue weighted by atomic mass is 16.5. The van der Waals surface area contributed by atoms with E-state index in [0.29, 0.717) is 0 Å². The molecule has 0 radical (unpaired) electrons. The Morgan fingerprint density at radius 2 is 2.11 bits per heavy atom. The van der Waals surface area contributed by atoms with Crippen molar-refractivity contribution in [3.05, 3.63) is 0 Å². The van der Waals surface area contributed by atoms with Crippen LogP contribution in [0.5, 0.6) is 0 Å². The molecular formula is C13H26N2O3. The number of carbonyl (C=O) groups is 1. The average molecular weight is 258 g/mol. The number of unbranched alkanes of at least 4 members (excludes halogenated alkanes) is 3. The Kier molecular flexibility index (Phi) is 7.23. The zero-order valence-corrected chi connectivity index (χ0v) is 11.5. The van der Waals surface area contributed by atoms with Crippen molar-refractivity contribution in [1.82, 2.24) is 10.2 Å². The van der Waals surface area contributed by atoms with Crippen LogP contribution in [-0.4, -0.2) is 61.9 Å². The number of ether oxygens (including phenoxy) is 1. The maximum Gasteiger partial charge on any atom is 0.237 e. The molecule has 1 aliphatic heterocycles. The van der Waals surface area contributed by atoms with Crippen molar-refractivity contribution in [3.63, 3.8) is 0 Å². The third kappa shape index (κ3) is 4.92. The van der Waals surface area contributed by atoms with Gasteiger partial charge < -0.3 is 15.2 Å². The van der Waals surface area contributed by atoms with Crippen LogP contribution in [0.1, 0.15) is 32.1 Å². The maximum absolute atomic E-state index is 12.0. The van der Waals surface area contributed by atoms with Gasteiger partial charge in [0.15, 0.2) is 0 Å². The second-order valence-electron chi connectivity index (χ2n) is 4.98. The summed E-state index contributed by atoms with van der Waals surface area (Å²) in [6, 6.07) is -0.0487. The molecule has 0 bridgehead atoms. The van der Waals surface area contributed by atoms with Gasteiger partial charge in [-0.2, -0.15) is 0 Å². The van der Waals surface area contributed by atoms with Crippen molar-refractivity contribution in [2.45, 2.75) is 44.2 Å². The zero-order valence-electron chi connectivity index (χ0n) is 11.5. The number of likely N-dealkylation sites (N-methyl/N-ethyl adjacent to an activating group) is 1. The highest BCUT2D eigenvalue weighted by Gasteiger charge is 2.34. The van der Waals surface area contributed by atoms with Crippen LogP contribution in [0.3, 0.4) is 0 Å². The molecule has 0 aromatic heterocycles. The Morgan fingerprint density at radius 1 is 1.39 bits per heavy atom. The van der Waals surface area contributed by atoms with E-state index in [1.54, 1.807) is 7.11 Å². The monoisotopic (exact) mass is 258 g/mol. The first-order valence-electron chi connectivity index (χ1n) is 6.80. The molecule has 1 fully saturated rings. The summed E-state index contributed by atoms with van der Waals surface area (Å²) in [7, 11) is 3.66. The Morgan fingerprint density at radius 3 is 2.72 bits per heavy atom. The summed E-state index contributed by atoms with van der Waals surface area (Å²) in [6.07, 6.45) is 4.88. The number of hydrogen-bond donors (Lipinski definition) is 2. The first-order chi connectivity index (χ1) is 8.69. The second kappa shape index (κ2) is 8.45. The first kappa shape index (κ1) is 15.4. The number of nitrogens with one attached hydrogen (secondary N) is 1. The predicted octanol–water partition coefficient (Wildman–Crippen LogP) is 0.374. The van der Waals surface area contributed by atoms with Gasteiger partial charge in [0.2, 0.25) is 5.91 Å². The number of methoxy groups -OCH3 is 1. The molecule has 1 aliphatic rings. The number of rotatable bonds is 8. The first-order valence-corrected chi connectivity index (χ1v) is 6.80. The zero-order chi connectivity index (χ0) is 13.4. The summed E-state index contributed by atoms with van der Waals surface area (Å²) in [6.45, 7) is 1.81. The predicted molar refractivity (Wildman–Crippen MR) is 70.4 cm³/mol. The summed E-state index contributed by atoms with van der Waals surface area (Å²) in [5.74, 6) is 0.110. The molecule has 1 heterocycles. The van der Waals surface area contributed by atoms with Crippen LogP contribution < -0.4 is 5.32 Å². The van der Waals surface area contributed by atoms with Crippen molar-refractivity contribution < 1.29 is 14.6 Å². The molecule has 1 saturated heterocycles. The van der Waals surface area contributed by atoms with Crippen molar-refractivity contribution in [2.75, 3.05) is 33.9 Å². The van der Waals surface area contributed by atoms with Gasteiger partial charge in [0, 0.05) is 26.8 Å². The van der Waals surface area contributed by atoms with Crippen molar-refractivity contribution in [2.24, 2.45) is 0 Å². The molecule has 5 nitrogen and oxygen atoms in total. The molecule has 2 N–H and O–H groups in total. The van der Waals surface area contributed by atoms with Gasteiger partial charge in [0.1, 0.15) is 0 Å². The number of amides is 1. The molecule has 1 rings (SSSR count). The van der Waals surface area contributed by atoms with E-state index >= 15 is 0 Å². The van der Waals surface area contributed by atoms with Crippen molar-refractivity contribution in [3.8, 4) is 0 Å². The molecule has 0 spiro atoms. The standard InChI is InChI=1S/C13H26N2O3/c1-15-10-11(18-2)9-12(15)13(17)14-7-5-3-4-6-8-16/h11-12,16H,3-10H2,1-2H3,(H,14,17). The van der Waals surface area contributed by atoms with E-state index in [1.165, 1.54) is 0 Å². The molecule has 0 saturated carbocycles. The van der Waals surface area contributed by atoms with E-state index in [1.807, 2.05) is 7.05 Å². The smallest absolute Gasteiger partial charge is 0.237 e. The number of likely N-dealkylation sites (tertiary alicyclic amines) is 1. The van der Waals surface area contributed by atoms with E-state index in [-0.39, 0.29) is 24.7 Å². The van der Waals surface area contributed by atoms with Crippen LogP contribution in [0.15, 0.2) is 0 Å². The van der Waals surface area contributed by atoms with Gasteiger partial charge in [-0.3, -0.25) is 9.69 Å². The molecule has 0 aromatic rings. The largest absolute Gasteiger partial charge is 0.396 e. The molecule has 2 unspecified atom stereocenters. The number of carbonyl (C=O) groups excluding carboxylic acids is 1. The van der Waals surface area contributed by atoms with E-state index in [9.17, 15) is 4.79 Å². The molecule has 5 heteroatoms. The normalized spacial score (nSPS) is 24.4. The lowest BCUT2D eigenvalue weighted by Crippen LogP contribution is -2.41. The number of aliphatic hydroxyl groups excluding tert-OH is 1. The highest BCUT2D eigenvalue weighted by Crippen LogP contribution is 2.17. The summed E-state index contributed by atoms with van der Waals surface area (Å²) < 4.78 is 5.29. The van der Waals surface area contributed by atoms with Gasteiger partial charge in [-0.15, -0.1) is 0 Å². The molecule has 106 valence electrons. The molecule has 2 atom stereocenters. The van der Waals surface area contributed by atoms with Crippen LogP contribution in [0, 0.1) is 0 Å². The Hall–Kier alpha value is -0.650. The molecule has 0 aromatic carbocycles. The van der Waals surface area contributed by atoms with Gasteiger partial charge in [0.25, 0.3) is 0 Å². The van der Waals surface area contributed by atoms with Crippen LogP contribution in [-0.2, 0) is 9.53 Å². The molecule has 18 heavy (non-hydrogen) atoms. The van der Waals surface area contributed by atoms with Gasteiger partial charge >= 0.3 is 0 Å². The van der Waals surface area contributed by atoms with E-state index in [4.69, 9.17) is 9.84 Å². The van der Waals surface area contributed by atoms with Crippen LogP contribution in [0.2, 0.25) is 0 Å². The number of aliphatic hydroxyl groups is 1. The van der Waals surface area contributed by atoms with E-state index in [2.05, 4.69) is 10.2 Å². The van der Waals surface area contributed by atoms with Gasteiger partial charge in [-0.1, -0.05) is 12.8 Å². The minimum Gasteiger partial charge on any atom is -0.396 e. The van der Waals surface area contributed by atoms with E-state index < -0.39 is 0 Å². The highest BCUT2D eigenvalue weighted by molar-refractivity contribution is 5.82. The van der Waals surface area contributed by atoms with Gasteiger partial charge in [-0.25, -0.2) is 0 Å². The lowest BCUT2D eigenvalue weighted by Gasteiger charge is -2.18.